The molecule has 0 aromatic rings. The molecule has 0 atom stereocenters. The monoisotopic (exact) mass is 297 g/mol. The maximum atomic E-state index is 5.47. The summed E-state index contributed by atoms with van der Waals surface area (Å²) >= 11 is 3.43. The third-order valence-electron chi connectivity index (χ3n) is 2.20. The summed E-state index contributed by atoms with van der Waals surface area (Å²) in [6.07, 6.45) is 0. The zero-order valence-corrected chi connectivity index (χ0v) is 12.0. The van der Waals surface area contributed by atoms with Gasteiger partial charge >= 0.3 is 0 Å². The lowest BCUT2D eigenvalue weighted by Gasteiger charge is -2.18. The third kappa shape index (κ3) is 10.8. The van der Waals surface area contributed by atoms with Crippen molar-refractivity contribution in [1.82, 2.24) is 4.90 Å². The van der Waals surface area contributed by atoms with Gasteiger partial charge in [-0.3, -0.25) is 0 Å². The van der Waals surface area contributed by atoms with E-state index in [-0.39, 0.29) is 0 Å². The summed E-state index contributed by atoms with van der Waals surface area (Å²) < 4.78 is 15.6. The van der Waals surface area contributed by atoms with Gasteiger partial charge in [-0.1, -0.05) is 22.9 Å². The van der Waals surface area contributed by atoms with Crippen LogP contribution in [0.15, 0.2) is 0 Å². The zero-order valence-electron chi connectivity index (χ0n) is 10.4. The van der Waals surface area contributed by atoms with Crippen LogP contribution in [0, 0.1) is 0 Å². The second-order valence-electron chi connectivity index (χ2n) is 3.34. The summed E-state index contributed by atoms with van der Waals surface area (Å²) in [5.74, 6) is 0. The molecule has 4 nitrogen and oxygen atoms in total. The van der Waals surface area contributed by atoms with Gasteiger partial charge in [-0.2, -0.15) is 0 Å². The number of hydrogen-bond acceptors (Lipinski definition) is 4. The lowest BCUT2D eigenvalue weighted by atomic mass is 10.5. The molecule has 0 rings (SSSR count). The van der Waals surface area contributed by atoms with Crippen LogP contribution in [0.3, 0.4) is 0 Å². The molecule has 0 saturated heterocycles. The summed E-state index contributed by atoms with van der Waals surface area (Å²) in [6.45, 7) is 8.66. The minimum Gasteiger partial charge on any atom is -0.382 e. The van der Waals surface area contributed by atoms with E-state index in [2.05, 4.69) is 27.8 Å². The largest absolute Gasteiger partial charge is 0.382 e. The van der Waals surface area contributed by atoms with Crippen molar-refractivity contribution in [3.05, 3.63) is 0 Å². The topological polar surface area (TPSA) is 30.9 Å². The highest BCUT2D eigenvalue weighted by Gasteiger charge is 2.00. The minimum atomic E-state index is 0.643. The number of ether oxygens (including phenoxy) is 3. The van der Waals surface area contributed by atoms with Gasteiger partial charge in [0.25, 0.3) is 0 Å². The van der Waals surface area contributed by atoms with E-state index in [4.69, 9.17) is 14.2 Å². The Morgan fingerprint density at radius 3 is 2.12 bits per heavy atom. The Balaban J connectivity index is 3.12. The predicted octanol–water partition coefficient (Wildman–Crippen LogP) is 1.38. The van der Waals surface area contributed by atoms with Gasteiger partial charge in [0.05, 0.1) is 33.0 Å². The van der Waals surface area contributed by atoms with Gasteiger partial charge in [0.1, 0.15) is 0 Å². The first-order chi connectivity index (χ1) is 7.85. The van der Waals surface area contributed by atoms with Gasteiger partial charge in [0.15, 0.2) is 0 Å². The van der Waals surface area contributed by atoms with E-state index in [0.717, 1.165) is 31.6 Å². The van der Waals surface area contributed by atoms with Crippen molar-refractivity contribution in [2.24, 2.45) is 0 Å². The van der Waals surface area contributed by atoms with Gasteiger partial charge in [0, 0.05) is 25.5 Å². The van der Waals surface area contributed by atoms with Crippen LogP contribution in [0.2, 0.25) is 0 Å². The maximum Gasteiger partial charge on any atom is 0.0701 e. The van der Waals surface area contributed by atoms with Crippen LogP contribution >= 0.6 is 15.9 Å². The molecule has 0 unspecified atom stereocenters. The first kappa shape index (κ1) is 16.3. The minimum absolute atomic E-state index is 0.643. The standard InChI is InChI=1S/C11H24BrNO3/c1-3-13(5-4-12)6-7-15-10-11-16-9-8-14-2/h3-11H2,1-2H3. The van der Waals surface area contributed by atoms with E-state index in [0.29, 0.717) is 26.4 Å². The summed E-state index contributed by atoms with van der Waals surface area (Å²) in [5.41, 5.74) is 0. The summed E-state index contributed by atoms with van der Waals surface area (Å²) in [6, 6.07) is 0. The van der Waals surface area contributed by atoms with Gasteiger partial charge in [-0.25, -0.2) is 0 Å². The Kier molecular flexibility index (Phi) is 13.7. The maximum absolute atomic E-state index is 5.47. The van der Waals surface area contributed by atoms with Crippen molar-refractivity contribution in [1.29, 1.82) is 0 Å². The normalized spacial score (nSPS) is 11.2. The van der Waals surface area contributed by atoms with E-state index in [1.54, 1.807) is 7.11 Å². The van der Waals surface area contributed by atoms with Crippen molar-refractivity contribution in [2.75, 3.05) is 65.1 Å². The fourth-order valence-corrected chi connectivity index (χ4v) is 1.71. The highest BCUT2D eigenvalue weighted by Crippen LogP contribution is 1.91. The molecular formula is C11H24BrNO3. The Morgan fingerprint density at radius 1 is 0.938 bits per heavy atom. The van der Waals surface area contributed by atoms with Crippen LogP contribution in [-0.2, 0) is 14.2 Å². The molecule has 0 heterocycles. The Bertz CT molecular complexity index is 138. The fourth-order valence-electron chi connectivity index (χ4n) is 1.21. The van der Waals surface area contributed by atoms with Crippen molar-refractivity contribution in [3.8, 4) is 0 Å². The van der Waals surface area contributed by atoms with Crippen LogP contribution in [0.4, 0.5) is 0 Å². The van der Waals surface area contributed by atoms with Gasteiger partial charge in [0.2, 0.25) is 0 Å². The number of methoxy groups -OCH3 is 1. The molecule has 0 aliphatic carbocycles. The van der Waals surface area contributed by atoms with Gasteiger partial charge in [-0.15, -0.1) is 0 Å². The third-order valence-corrected chi connectivity index (χ3v) is 2.56. The lowest BCUT2D eigenvalue weighted by Crippen LogP contribution is -2.29. The van der Waals surface area contributed by atoms with Crippen LogP contribution in [0.25, 0.3) is 0 Å². The van der Waals surface area contributed by atoms with E-state index in [9.17, 15) is 0 Å². The van der Waals surface area contributed by atoms with Crippen molar-refractivity contribution >= 4 is 15.9 Å². The lowest BCUT2D eigenvalue weighted by molar-refractivity contribution is 0.0201. The molecule has 0 aromatic heterocycles. The van der Waals surface area contributed by atoms with Crippen LogP contribution in [-0.4, -0.2) is 70.0 Å². The highest BCUT2D eigenvalue weighted by atomic mass is 79.9. The number of alkyl halides is 1. The average molecular weight is 298 g/mol. The molecule has 0 fully saturated rings. The van der Waals surface area contributed by atoms with Crippen LogP contribution in [0.5, 0.6) is 0 Å². The Labute approximate surface area is 107 Å². The first-order valence-electron chi connectivity index (χ1n) is 5.77. The second kappa shape index (κ2) is 13.4. The number of rotatable bonds is 12. The molecule has 0 radical (unpaired) electrons. The molecule has 0 aliphatic heterocycles. The zero-order chi connectivity index (χ0) is 12.1. The Morgan fingerprint density at radius 2 is 1.56 bits per heavy atom. The molecule has 0 amide bonds. The highest BCUT2D eigenvalue weighted by molar-refractivity contribution is 9.09. The molecule has 0 spiro atoms. The summed E-state index contributed by atoms with van der Waals surface area (Å²) in [5, 5.41) is 1.01. The molecule has 16 heavy (non-hydrogen) atoms. The number of halogens is 1. The van der Waals surface area contributed by atoms with E-state index >= 15 is 0 Å². The fraction of sp³-hybridized carbons (Fsp3) is 1.00. The van der Waals surface area contributed by atoms with Gasteiger partial charge in [-0.05, 0) is 6.54 Å². The average Bonchev–Trinajstić information content (AvgIpc) is 2.31. The molecule has 5 heteroatoms. The molecule has 0 N–H and O–H groups in total. The molecule has 98 valence electrons. The number of hydrogen-bond donors (Lipinski definition) is 0. The SMILES string of the molecule is CCN(CCBr)CCOCCOCCOC. The Hall–Kier alpha value is 0.320. The molecule has 0 saturated carbocycles. The smallest absolute Gasteiger partial charge is 0.0701 e. The summed E-state index contributed by atoms with van der Waals surface area (Å²) in [7, 11) is 1.67. The van der Waals surface area contributed by atoms with E-state index in [1.165, 1.54) is 0 Å². The number of likely N-dealkylation sites (N-methyl/N-ethyl adjacent to an activating group) is 1. The van der Waals surface area contributed by atoms with Crippen molar-refractivity contribution < 1.29 is 14.2 Å². The number of nitrogens with zero attached hydrogens (tertiary/aromatic N) is 1. The molecule has 0 bridgehead atoms. The molecule has 0 aliphatic rings. The predicted molar refractivity (Wildman–Crippen MR) is 69.4 cm³/mol. The van der Waals surface area contributed by atoms with E-state index < -0.39 is 0 Å². The van der Waals surface area contributed by atoms with Crippen LogP contribution < -0.4 is 0 Å². The van der Waals surface area contributed by atoms with Crippen molar-refractivity contribution in [3.63, 3.8) is 0 Å². The summed E-state index contributed by atoms with van der Waals surface area (Å²) in [4.78, 5) is 2.35. The first-order valence-corrected chi connectivity index (χ1v) is 6.90. The van der Waals surface area contributed by atoms with Crippen LogP contribution in [0.1, 0.15) is 6.92 Å². The van der Waals surface area contributed by atoms with E-state index in [1.807, 2.05) is 0 Å². The quantitative estimate of drug-likeness (QED) is 0.402. The molecule has 0 aromatic carbocycles. The van der Waals surface area contributed by atoms with Gasteiger partial charge < -0.3 is 19.1 Å². The second-order valence-corrected chi connectivity index (χ2v) is 4.13. The van der Waals surface area contributed by atoms with Crippen molar-refractivity contribution in [2.45, 2.75) is 6.92 Å². The molecular weight excluding hydrogens is 274 g/mol.